The molecule has 5 heteroatoms. The van der Waals surface area contributed by atoms with E-state index in [2.05, 4.69) is 9.97 Å². The lowest BCUT2D eigenvalue weighted by molar-refractivity contribution is 0.281. The second-order valence-electron chi connectivity index (χ2n) is 3.37. The summed E-state index contributed by atoms with van der Waals surface area (Å²) in [4.78, 5) is 8.44. The molecule has 0 radical (unpaired) electrons. The highest BCUT2D eigenvalue weighted by Crippen LogP contribution is 2.20. The molecule has 2 rings (SSSR count). The Kier molecular flexibility index (Phi) is 3.22. The number of pyridine rings is 1. The summed E-state index contributed by atoms with van der Waals surface area (Å²) in [5, 5.41) is 9.48. The number of aromatic nitrogens is 3. The molecule has 84 valence electrons. The van der Waals surface area contributed by atoms with Crippen LogP contribution in [-0.2, 0) is 13.0 Å². The fraction of sp³-hybridized carbons (Fsp3) is 0.273. The maximum absolute atomic E-state index is 8.97. The van der Waals surface area contributed by atoms with Crippen molar-refractivity contribution >= 4 is 11.6 Å². The van der Waals surface area contributed by atoms with Gasteiger partial charge in [-0.1, -0.05) is 18.5 Å². The molecular weight excluding hydrogens is 226 g/mol. The van der Waals surface area contributed by atoms with Gasteiger partial charge in [0.25, 0.3) is 0 Å². The quantitative estimate of drug-likeness (QED) is 0.888. The predicted octanol–water partition coefficient (Wildman–Crippen LogP) is 1.98. The zero-order valence-electron chi connectivity index (χ0n) is 8.89. The second-order valence-corrected chi connectivity index (χ2v) is 3.78. The lowest BCUT2D eigenvalue weighted by atomic mass is 10.3. The van der Waals surface area contributed by atoms with Crippen LogP contribution in [0.1, 0.15) is 18.3 Å². The van der Waals surface area contributed by atoms with Crippen molar-refractivity contribution in [3.63, 3.8) is 0 Å². The smallest absolute Gasteiger partial charge is 0.156 e. The van der Waals surface area contributed by atoms with Crippen molar-refractivity contribution in [1.82, 2.24) is 14.5 Å². The van der Waals surface area contributed by atoms with Gasteiger partial charge < -0.3 is 5.11 Å². The van der Waals surface area contributed by atoms with Crippen molar-refractivity contribution in [2.45, 2.75) is 20.0 Å². The molecule has 0 spiro atoms. The third-order valence-corrected chi connectivity index (χ3v) is 2.60. The van der Waals surface area contributed by atoms with Crippen molar-refractivity contribution in [1.29, 1.82) is 0 Å². The van der Waals surface area contributed by atoms with E-state index in [1.54, 1.807) is 18.5 Å². The first-order valence-corrected chi connectivity index (χ1v) is 5.42. The van der Waals surface area contributed by atoms with Crippen molar-refractivity contribution in [2.24, 2.45) is 0 Å². The van der Waals surface area contributed by atoms with Gasteiger partial charge in [0.15, 0.2) is 5.82 Å². The molecule has 4 nitrogen and oxygen atoms in total. The molecular formula is C11H12ClN3O. The highest BCUT2D eigenvalue weighted by Gasteiger charge is 2.08. The standard InChI is InChI=1S/C11H12ClN3O/c1-2-10-13-3-4-15(10)11-9(12)5-8(7-16)6-14-11/h3-6,16H,2,7H2,1H3. The summed E-state index contributed by atoms with van der Waals surface area (Å²) in [5.74, 6) is 1.55. The summed E-state index contributed by atoms with van der Waals surface area (Å²) >= 11 is 6.11. The van der Waals surface area contributed by atoms with Crippen LogP contribution >= 0.6 is 11.6 Å². The molecule has 2 aromatic heterocycles. The molecule has 0 aliphatic carbocycles. The summed E-state index contributed by atoms with van der Waals surface area (Å²) < 4.78 is 1.85. The van der Waals surface area contributed by atoms with Crippen molar-refractivity contribution in [2.75, 3.05) is 0 Å². The molecule has 0 aromatic carbocycles. The maximum atomic E-state index is 8.97. The third kappa shape index (κ3) is 1.94. The van der Waals surface area contributed by atoms with Gasteiger partial charge in [0.05, 0.1) is 11.6 Å². The maximum Gasteiger partial charge on any atom is 0.156 e. The van der Waals surface area contributed by atoms with Gasteiger partial charge >= 0.3 is 0 Å². The molecule has 2 aromatic rings. The summed E-state index contributed by atoms with van der Waals surface area (Å²) in [5.41, 5.74) is 0.701. The summed E-state index contributed by atoms with van der Waals surface area (Å²) in [6.45, 7) is 1.96. The van der Waals surface area contributed by atoms with Crippen molar-refractivity contribution in [3.05, 3.63) is 41.1 Å². The highest BCUT2D eigenvalue weighted by atomic mass is 35.5. The first kappa shape index (κ1) is 11.1. The van der Waals surface area contributed by atoms with Crippen LogP contribution < -0.4 is 0 Å². The molecule has 0 fully saturated rings. The summed E-state index contributed by atoms with van der Waals surface area (Å²) in [6, 6.07) is 1.71. The Morgan fingerprint density at radius 3 is 2.88 bits per heavy atom. The van der Waals surface area contributed by atoms with Crippen LogP contribution in [0.5, 0.6) is 0 Å². The van der Waals surface area contributed by atoms with Gasteiger partial charge in [-0.15, -0.1) is 0 Å². The van der Waals surface area contributed by atoms with E-state index >= 15 is 0 Å². The number of aliphatic hydroxyl groups excluding tert-OH is 1. The van der Waals surface area contributed by atoms with Gasteiger partial charge in [0.1, 0.15) is 5.82 Å². The molecule has 0 aliphatic heterocycles. The summed E-state index contributed by atoms with van der Waals surface area (Å²) in [7, 11) is 0. The van der Waals surface area contributed by atoms with Gasteiger partial charge in [-0.2, -0.15) is 0 Å². The Balaban J connectivity index is 2.48. The van der Waals surface area contributed by atoms with Crippen molar-refractivity contribution < 1.29 is 5.11 Å². The van der Waals surface area contributed by atoms with Gasteiger partial charge in [-0.3, -0.25) is 4.57 Å². The number of aliphatic hydroxyl groups is 1. The van der Waals surface area contributed by atoms with Crippen LogP contribution in [0.15, 0.2) is 24.7 Å². The van der Waals surface area contributed by atoms with Crippen LogP contribution in [0, 0.1) is 0 Å². The molecule has 0 aliphatic rings. The van der Waals surface area contributed by atoms with E-state index in [1.807, 2.05) is 17.7 Å². The largest absolute Gasteiger partial charge is 0.392 e. The molecule has 0 atom stereocenters. The van der Waals surface area contributed by atoms with Gasteiger partial charge in [-0.05, 0) is 11.6 Å². The average Bonchev–Trinajstić information content (AvgIpc) is 2.76. The third-order valence-electron chi connectivity index (χ3n) is 2.32. The number of aryl methyl sites for hydroxylation is 1. The van der Waals surface area contributed by atoms with E-state index in [0.29, 0.717) is 16.4 Å². The highest BCUT2D eigenvalue weighted by molar-refractivity contribution is 6.32. The van der Waals surface area contributed by atoms with E-state index < -0.39 is 0 Å². The van der Waals surface area contributed by atoms with E-state index in [0.717, 1.165) is 12.2 Å². The topological polar surface area (TPSA) is 50.9 Å². The molecule has 1 N–H and O–H groups in total. The van der Waals surface area contributed by atoms with Crippen LogP contribution in [0.25, 0.3) is 5.82 Å². The average molecular weight is 238 g/mol. The van der Waals surface area contributed by atoms with Crippen LogP contribution in [0.3, 0.4) is 0 Å². The zero-order chi connectivity index (χ0) is 11.5. The minimum absolute atomic E-state index is 0.0580. The number of halogens is 1. The van der Waals surface area contributed by atoms with Gasteiger partial charge in [-0.25, -0.2) is 9.97 Å². The fourth-order valence-corrected chi connectivity index (χ4v) is 1.80. The molecule has 0 bridgehead atoms. The summed E-state index contributed by atoms with van der Waals surface area (Å²) in [6.07, 6.45) is 5.97. The second kappa shape index (κ2) is 4.63. The Labute approximate surface area is 98.5 Å². The lowest BCUT2D eigenvalue weighted by Gasteiger charge is -2.08. The number of imidazole rings is 1. The monoisotopic (exact) mass is 237 g/mol. The Hall–Kier alpha value is -1.39. The first-order valence-electron chi connectivity index (χ1n) is 5.04. The number of nitrogens with zero attached hydrogens (tertiary/aromatic N) is 3. The van der Waals surface area contributed by atoms with Gasteiger partial charge in [0.2, 0.25) is 0 Å². The van der Waals surface area contributed by atoms with E-state index in [-0.39, 0.29) is 6.61 Å². The van der Waals surface area contributed by atoms with Crippen LogP contribution in [0.2, 0.25) is 5.02 Å². The number of hydrogen-bond donors (Lipinski definition) is 1. The predicted molar refractivity (Wildman–Crippen MR) is 61.7 cm³/mol. The fourth-order valence-electron chi connectivity index (χ4n) is 1.52. The SMILES string of the molecule is CCc1nccn1-c1ncc(CO)cc1Cl. The van der Waals surface area contributed by atoms with E-state index in [9.17, 15) is 0 Å². The van der Waals surface area contributed by atoms with Crippen LogP contribution in [-0.4, -0.2) is 19.6 Å². The van der Waals surface area contributed by atoms with E-state index in [1.165, 1.54) is 0 Å². The number of hydrogen-bond acceptors (Lipinski definition) is 3. The molecule has 0 saturated carbocycles. The molecule has 0 saturated heterocycles. The first-order chi connectivity index (χ1) is 7.76. The Morgan fingerprint density at radius 2 is 2.25 bits per heavy atom. The van der Waals surface area contributed by atoms with Crippen LogP contribution in [0.4, 0.5) is 0 Å². The Morgan fingerprint density at radius 1 is 1.44 bits per heavy atom. The van der Waals surface area contributed by atoms with E-state index in [4.69, 9.17) is 16.7 Å². The van der Waals surface area contributed by atoms with Crippen molar-refractivity contribution in [3.8, 4) is 5.82 Å². The van der Waals surface area contributed by atoms with Gasteiger partial charge in [0, 0.05) is 25.0 Å². The molecule has 2 heterocycles. The molecule has 16 heavy (non-hydrogen) atoms. The lowest BCUT2D eigenvalue weighted by Crippen LogP contribution is -2.03. The Bertz CT molecular complexity index is 496. The zero-order valence-corrected chi connectivity index (χ0v) is 9.65. The minimum atomic E-state index is -0.0580. The molecule has 0 amide bonds. The molecule has 0 unspecified atom stereocenters. The number of rotatable bonds is 3. The normalized spacial score (nSPS) is 10.7. The minimum Gasteiger partial charge on any atom is -0.392 e.